The minimum atomic E-state index is -0.295. The molecule has 6 nitrogen and oxygen atoms in total. The molecule has 3 rings (SSSR count). The van der Waals surface area contributed by atoms with Crippen molar-refractivity contribution in [1.29, 1.82) is 0 Å². The Kier molecular flexibility index (Phi) is 7.04. The lowest BCUT2D eigenvalue weighted by Crippen LogP contribution is -2.38. The van der Waals surface area contributed by atoms with Gasteiger partial charge < -0.3 is 10.2 Å². The normalized spacial score (nSPS) is 11.3. The van der Waals surface area contributed by atoms with Crippen LogP contribution in [0.2, 0.25) is 5.02 Å². The summed E-state index contributed by atoms with van der Waals surface area (Å²) in [6, 6.07) is 16.5. The van der Waals surface area contributed by atoms with Gasteiger partial charge in [0.25, 0.3) is 5.91 Å². The highest BCUT2D eigenvalue weighted by atomic mass is 35.5. The number of rotatable bonds is 6. The Morgan fingerprint density at radius 1 is 1.09 bits per heavy atom. The first-order chi connectivity index (χ1) is 15.1. The molecule has 0 radical (unpaired) electrons. The molecule has 0 saturated carbocycles. The van der Waals surface area contributed by atoms with Gasteiger partial charge in [-0.15, -0.1) is 0 Å². The molecule has 2 amide bonds. The van der Waals surface area contributed by atoms with Gasteiger partial charge in [0.1, 0.15) is 12.4 Å². The number of aryl methyl sites for hydroxylation is 1. The second-order valence-corrected chi connectivity index (χ2v) is 9.23. The number of nitrogens with one attached hydrogen (secondary N) is 1. The zero-order valence-corrected chi connectivity index (χ0v) is 19.9. The van der Waals surface area contributed by atoms with Crippen molar-refractivity contribution < 1.29 is 9.59 Å². The number of nitrogens with zero attached hydrogens (tertiary/aromatic N) is 3. The van der Waals surface area contributed by atoms with E-state index in [-0.39, 0.29) is 23.8 Å². The average molecular weight is 453 g/mol. The summed E-state index contributed by atoms with van der Waals surface area (Å²) >= 11 is 6.02. The molecule has 2 aromatic carbocycles. The maximum absolute atomic E-state index is 12.9. The highest BCUT2D eigenvalue weighted by Crippen LogP contribution is 2.26. The molecule has 0 fully saturated rings. The van der Waals surface area contributed by atoms with Crippen LogP contribution in [0, 0.1) is 6.92 Å². The van der Waals surface area contributed by atoms with Crippen LogP contribution in [-0.4, -0.2) is 39.6 Å². The summed E-state index contributed by atoms with van der Waals surface area (Å²) in [6.07, 6.45) is 0. The molecule has 0 unspecified atom stereocenters. The number of anilines is 1. The average Bonchev–Trinajstić information content (AvgIpc) is 3.15. The number of carbonyl (C=O) groups is 2. The van der Waals surface area contributed by atoms with Gasteiger partial charge in [-0.2, -0.15) is 5.10 Å². The van der Waals surface area contributed by atoms with Gasteiger partial charge in [0.05, 0.1) is 11.4 Å². The Labute approximate surface area is 194 Å². The molecule has 0 atom stereocenters. The molecule has 1 N–H and O–H groups in total. The Bertz CT molecular complexity index is 1130. The lowest BCUT2D eigenvalue weighted by Gasteiger charge is -2.20. The summed E-state index contributed by atoms with van der Waals surface area (Å²) in [5, 5.41) is 8.17. The molecular weight excluding hydrogens is 424 g/mol. The van der Waals surface area contributed by atoms with Crippen LogP contribution in [-0.2, 0) is 10.2 Å². The number of carbonyl (C=O) groups excluding carboxylic acids is 2. The van der Waals surface area contributed by atoms with Crippen LogP contribution in [0.1, 0.15) is 49.3 Å². The number of aromatic nitrogens is 2. The molecule has 32 heavy (non-hydrogen) atoms. The predicted octanol–water partition coefficient (Wildman–Crippen LogP) is 5.23. The van der Waals surface area contributed by atoms with Crippen molar-refractivity contribution in [3.05, 3.63) is 76.4 Å². The minimum Gasteiger partial charge on any atom is -0.330 e. The number of likely N-dealkylation sites (N-methyl/N-ethyl adjacent to an activating group) is 1. The smallest absolute Gasteiger partial charge is 0.254 e. The molecular formula is C25H29ClN4O2. The summed E-state index contributed by atoms with van der Waals surface area (Å²) in [5.74, 6) is 0.0287. The van der Waals surface area contributed by atoms with E-state index in [0.29, 0.717) is 22.9 Å². The summed E-state index contributed by atoms with van der Waals surface area (Å²) in [4.78, 5) is 27.3. The highest BCUT2D eigenvalue weighted by Gasteiger charge is 2.23. The van der Waals surface area contributed by atoms with E-state index in [1.165, 1.54) is 4.90 Å². The van der Waals surface area contributed by atoms with E-state index in [4.69, 9.17) is 16.7 Å². The lowest BCUT2D eigenvalue weighted by molar-refractivity contribution is -0.116. The number of benzene rings is 2. The third kappa shape index (κ3) is 5.56. The SMILES string of the molecule is CCN(CC(=O)Nc1cc(C(C)(C)C)nn1-c1cccc(C)c1)C(=O)c1cccc(Cl)c1. The van der Waals surface area contributed by atoms with Crippen LogP contribution in [0.4, 0.5) is 5.82 Å². The predicted molar refractivity (Wildman–Crippen MR) is 129 cm³/mol. The van der Waals surface area contributed by atoms with Crippen molar-refractivity contribution in [3.8, 4) is 5.69 Å². The third-order valence-corrected chi connectivity index (χ3v) is 5.30. The van der Waals surface area contributed by atoms with Gasteiger partial charge in [0.2, 0.25) is 5.91 Å². The fraction of sp³-hybridized carbons (Fsp3) is 0.320. The van der Waals surface area contributed by atoms with Crippen LogP contribution < -0.4 is 5.32 Å². The van der Waals surface area contributed by atoms with Gasteiger partial charge in [-0.25, -0.2) is 4.68 Å². The van der Waals surface area contributed by atoms with Gasteiger partial charge in [0.15, 0.2) is 0 Å². The van der Waals surface area contributed by atoms with Crippen LogP contribution >= 0.6 is 11.6 Å². The van der Waals surface area contributed by atoms with Crippen molar-refractivity contribution in [2.45, 2.75) is 40.0 Å². The van der Waals surface area contributed by atoms with Gasteiger partial charge in [-0.1, -0.05) is 50.6 Å². The van der Waals surface area contributed by atoms with Crippen molar-refractivity contribution in [2.75, 3.05) is 18.4 Å². The zero-order chi connectivity index (χ0) is 23.5. The maximum Gasteiger partial charge on any atom is 0.254 e. The zero-order valence-electron chi connectivity index (χ0n) is 19.1. The Hall–Kier alpha value is -3.12. The highest BCUT2D eigenvalue weighted by molar-refractivity contribution is 6.31. The first-order valence-corrected chi connectivity index (χ1v) is 11.0. The quantitative estimate of drug-likeness (QED) is 0.556. The monoisotopic (exact) mass is 452 g/mol. The molecule has 0 aliphatic carbocycles. The van der Waals surface area contributed by atoms with Gasteiger partial charge in [-0.05, 0) is 49.7 Å². The first kappa shape index (κ1) is 23.5. The first-order valence-electron chi connectivity index (χ1n) is 10.6. The van der Waals surface area contributed by atoms with E-state index in [1.807, 2.05) is 44.2 Å². The molecule has 0 aliphatic heterocycles. The summed E-state index contributed by atoms with van der Waals surface area (Å²) in [6.45, 7) is 10.4. The van der Waals surface area contributed by atoms with E-state index < -0.39 is 0 Å². The molecule has 0 bridgehead atoms. The maximum atomic E-state index is 12.9. The van der Waals surface area contributed by atoms with E-state index >= 15 is 0 Å². The Morgan fingerprint density at radius 2 is 1.81 bits per heavy atom. The number of hydrogen-bond donors (Lipinski definition) is 1. The standard InChI is InChI=1S/C25H29ClN4O2/c1-6-29(24(32)18-10-8-11-19(26)14-18)16-23(31)27-22-15-21(25(3,4)5)28-30(22)20-12-7-9-17(2)13-20/h7-15H,6,16H2,1-5H3,(H,27,31). The third-order valence-electron chi connectivity index (χ3n) is 5.07. The van der Waals surface area contributed by atoms with Gasteiger partial charge in [-0.3, -0.25) is 9.59 Å². The second-order valence-electron chi connectivity index (χ2n) is 8.79. The van der Waals surface area contributed by atoms with Gasteiger partial charge in [0, 0.05) is 28.6 Å². The molecule has 7 heteroatoms. The molecule has 3 aromatic rings. The molecule has 1 aromatic heterocycles. The van der Waals surface area contributed by atoms with Crippen LogP contribution in [0.5, 0.6) is 0 Å². The Morgan fingerprint density at radius 3 is 2.44 bits per heavy atom. The number of halogens is 1. The molecule has 0 saturated heterocycles. The van der Waals surface area contributed by atoms with E-state index in [1.54, 1.807) is 28.9 Å². The Balaban J connectivity index is 1.84. The largest absolute Gasteiger partial charge is 0.330 e. The van der Waals surface area contributed by atoms with Crippen molar-refractivity contribution in [2.24, 2.45) is 0 Å². The van der Waals surface area contributed by atoms with Crippen molar-refractivity contribution in [3.63, 3.8) is 0 Å². The lowest BCUT2D eigenvalue weighted by atomic mass is 9.92. The fourth-order valence-electron chi connectivity index (χ4n) is 3.28. The fourth-order valence-corrected chi connectivity index (χ4v) is 3.47. The number of amides is 2. The van der Waals surface area contributed by atoms with Crippen molar-refractivity contribution in [1.82, 2.24) is 14.7 Å². The molecule has 0 aliphatic rings. The van der Waals surface area contributed by atoms with E-state index in [0.717, 1.165) is 16.9 Å². The van der Waals surface area contributed by atoms with E-state index in [9.17, 15) is 9.59 Å². The second kappa shape index (κ2) is 9.57. The van der Waals surface area contributed by atoms with E-state index in [2.05, 4.69) is 26.1 Å². The summed E-state index contributed by atoms with van der Waals surface area (Å²) in [7, 11) is 0. The van der Waals surface area contributed by atoms with Crippen LogP contribution in [0.3, 0.4) is 0 Å². The van der Waals surface area contributed by atoms with Crippen LogP contribution in [0.15, 0.2) is 54.6 Å². The molecule has 168 valence electrons. The summed E-state index contributed by atoms with van der Waals surface area (Å²) < 4.78 is 1.74. The van der Waals surface area contributed by atoms with Crippen LogP contribution in [0.25, 0.3) is 5.69 Å². The molecule has 1 heterocycles. The summed E-state index contributed by atoms with van der Waals surface area (Å²) in [5.41, 5.74) is 3.07. The van der Waals surface area contributed by atoms with Gasteiger partial charge >= 0.3 is 0 Å². The number of hydrogen-bond acceptors (Lipinski definition) is 3. The topological polar surface area (TPSA) is 67.2 Å². The van der Waals surface area contributed by atoms with Crippen molar-refractivity contribution >= 4 is 29.2 Å². The molecule has 0 spiro atoms. The minimum absolute atomic E-state index is 0.0777.